The van der Waals surface area contributed by atoms with E-state index in [2.05, 4.69) is 5.32 Å². The smallest absolute Gasteiger partial charge is 0.268 e. The van der Waals surface area contributed by atoms with Crippen molar-refractivity contribution in [1.29, 1.82) is 0 Å². The Balaban J connectivity index is 1.51. The summed E-state index contributed by atoms with van der Waals surface area (Å²) < 4.78 is 6.80. The van der Waals surface area contributed by atoms with Gasteiger partial charge in [0.2, 0.25) is 5.91 Å². The Morgan fingerprint density at radius 1 is 1.03 bits per heavy atom. The van der Waals surface area contributed by atoms with E-state index < -0.39 is 0 Å². The highest BCUT2D eigenvalue weighted by Crippen LogP contribution is 2.33. The van der Waals surface area contributed by atoms with Crippen LogP contribution in [0.5, 0.6) is 5.75 Å². The molecule has 2 aromatic heterocycles. The standard InChI is InChI=1S/C27H21N3O3S2/c1-33-21-14-8-11-19(15-21)28-23(31)17-35-27-29-25-24(22(16-34-25)18-9-4-2-5-10-18)26(32)30(27)20-12-6-3-7-13-20/h2-16H,17H2,1H3,(H,28,31). The molecule has 0 saturated heterocycles. The summed E-state index contributed by atoms with van der Waals surface area (Å²) in [4.78, 5) is 32.0. The predicted molar refractivity (Wildman–Crippen MR) is 143 cm³/mol. The number of amides is 1. The maximum Gasteiger partial charge on any atom is 0.268 e. The van der Waals surface area contributed by atoms with E-state index in [4.69, 9.17) is 9.72 Å². The molecule has 0 aliphatic heterocycles. The molecule has 1 amide bonds. The van der Waals surface area contributed by atoms with E-state index in [1.807, 2.05) is 78.2 Å². The molecule has 0 aliphatic carbocycles. The topological polar surface area (TPSA) is 73.2 Å². The first-order valence-corrected chi connectivity index (χ1v) is 12.7. The number of benzene rings is 3. The number of fused-ring (bicyclic) bond motifs is 1. The van der Waals surface area contributed by atoms with Crippen molar-refractivity contribution in [2.45, 2.75) is 5.16 Å². The second kappa shape index (κ2) is 10.2. The Bertz CT molecular complexity index is 1550. The van der Waals surface area contributed by atoms with Crippen LogP contribution in [0, 0.1) is 0 Å². The van der Waals surface area contributed by atoms with Gasteiger partial charge in [-0.3, -0.25) is 14.2 Å². The molecule has 0 aliphatic rings. The molecule has 0 atom stereocenters. The number of carbonyl (C=O) groups is 1. The zero-order valence-electron chi connectivity index (χ0n) is 18.8. The predicted octanol–water partition coefficient (Wildman–Crippen LogP) is 5.85. The van der Waals surface area contributed by atoms with Crippen LogP contribution in [0.2, 0.25) is 0 Å². The number of thioether (sulfide) groups is 1. The van der Waals surface area contributed by atoms with Crippen LogP contribution in [0.25, 0.3) is 27.0 Å². The number of ether oxygens (including phenoxy) is 1. The third kappa shape index (κ3) is 4.84. The molecule has 0 radical (unpaired) electrons. The number of para-hydroxylation sites is 1. The lowest BCUT2D eigenvalue weighted by atomic mass is 10.1. The summed E-state index contributed by atoms with van der Waals surface area (Å²) in [6, 6.07) is 26.4. The number of carbonyl (C=O) groups excluding carboxylic acids is 1. The molecule has 1 N–H and O–H groups in total. The van der Waals surface area contributed by atoms with Gasteiger partial charge in [0.05, 0.1) is 23.9 Å². The average molecular weight is 500 g/mol. The van der Waals surface area contributed by atoms with Gasteiger partial charge in [-0.15, -0.1) is 11.3 Å². The average Bonchev–Trinajstić information content (AvgIpc) is 3.33. The molecule has 3 aromatic carbocycles. The fraction of sp³-hybridized carbons (Fsp3) is 0.0741. The molecule has 0 fully saturated rings. The largest absolute Gasteiger partial charge is 0.497 e. The number of hydrogen-bond donors (Lipinski definition) is 1. The molecule has 0 saturated carbocycles. The zero-order valence-corrected chi connectivity index (χ0v) is 20.4. The summed E-state index contributed by atoms with van der Waals surface area (Å²) in [6.45, 7) is 0. The Labute approximate surface area is 210 Å². The summed E-state index contributed by atoms with van der Waals surface area (Å²) in [6.07, 6.45) is 0. The van der Waals surface area contributed by atoms with Gasteiger partial charge < -0.3 is 10.1 Å². The van der Waals surface area contributed by atoms with Gasteiger partial charge >= 0.3 is 0 Å². The van der Waals surface area contributed by atoms with Gasteiger partial charge in [-0.25, -0.2) is 4.98 Å². The van der Waals surface area contributed by atoms with Gasteiger partial charge in [0, 0.05) is 22.7 Å². The lowest BCUT2D eigenvalue weighted by molar-refractivity contribution is -0.113. The van der Waals surface area contributed by atoms with Crippen molar-refractivity contribution >= 4 is 44.9 Å². The number of methoxy groups -OCH3 is 1. The van der Waals surface area contributed by atoms with Crippen molar-refractivity contribution in [2.75, 3.05) is 18.2 Å². The highest BCUT2D eigenvalue weighted by molar-refractivity contribution is 7.99. The maximum absolute atomic E-state index is 13.8. The SMILES string of the molecule is COc1cccc(NC(=O)CSc2nc3scc(-c4ccccc4)c3c(=O)n2-c2ccccc2)c1. The number of aromatic nitrogens is 2. The molecule has 5 rings (SSSR count). The Hall–Kier alpha value is -3.88. The molecule has 0 spiro atoms. The molecular formula is C27H21N3O3S2. The quantitative estimate of drug-likeness (QED) is 0.225. The van der Waals surface area contributed by atoms with E-state index in [-0.39, 0.29) is 17.2 Å². The van der Waals surface area contributed by atoms with Gasteiger partial charge in [-0.2, -0.15) is 0 Å². The van der Waals surface area contributed by atoms with Crippen LogP contribution >= 0.6 is 23.1 Å². The third-order valence-corrected chi connectivity index (χ3v) is 7.17. The molecule has 0 unspecified atom stereocenters. The molecule has 174 valence electrons. The molecule has 6 nitrogen and oxygen atoms in total. The van der Waals surface area contributed by atoms with E-state index in [1.54, 1.807) is 23.8 Å². The molecule has 5 aromatic rings. The summed E-state index contributed by atoms with van der Waals surface area (Å²) in [7, 11) is 1.58. The van der Waals surface area contributed by atoms with Crippen molar-refractivity contribution in [1.82, 2.24) is 9.55 Å². The maximum atomic E-state index is 13.8. The highest BCUT2D eigenvalue weighted by Gasteiger charge is 2.19. The summed E-state index contributed by atoms with van der Waals surface area (Å²) in [5.41, 5.74) is 3.02. The summed E-state index contributed by atoms with van der Waals surface area (Å²) >= 11 is 2.66. The normalized spacial score (nSPS) is 10.9. The molecule has 0 bridgehead atoms. The molecule has 8 heteroatoms. The Morgan fingerprint density at radius 2 is 1.77 bits per heavy atom. The van der Waals surface area contributed by atoms with Crippen LogP contribution in [0.3, 0.4) is 0 Å². The van der Waals surface area contributed by atoms with Crippen LogP contribution in [0.4, 0.5) is 5.69 Å². The van der Waals surface area contributed by atoms with E-state index in [0.717, 1.165) is 11.1 Å². The second-order valence-electron chi connectivity index (χ2n) is 7.63. The number of nitrogens with zero attached hydrogens (tertiary/aromatic N) is 2. The first-order chi connectivity index (χ1) is 17.1. The van der Waals surface area contributed by atoms with E-state index in [9.17, 15) is 9.59 Å². The number of anilines is 1. The van der Waals surface area contributed by atoms with Crippen molar-refractivity contribution in [3.05, 3.63) is 101 Å². The summed E-state index contributed by atoms with van der Waals surface area (Å²) in [5, 5.41) is 5.88. The van der Waals surface area contributed by atoms with Crippen LogP contribution in [-0.2, 0) is 4.79 Å². The molecular weight excluding hydrogens is 478 g/mol. The van der Waals surface area contributed by atoms with Gasteiger partial charge in [0.25, 0.3) is 5.56 Å². The van der Waals surface area contributed by atoms with E-state index in [0.29, 0.717) is 32.5 Å². The fourth-order valence-electron chi connectivity index (χ4n) is 3.73. The Morgan fingerprint density at radius 3 is 2.51 bits per heavy atom. The zero-order chi connectivity index (χ0) is 24.2. The van der Waals surface area contributed by atoms with Gasteiger partial charge in [0.15, 0.2) is 5.16 Å². The van der Waals surface area contributed by atoms with Crippen molar-refractivity contribution in [3.8, 4) is 22.6 Å². The first-order valence-electron chi connectivity index (χ1n) is 10.9. The lowest BCUT2D eigenvalue weighted by Gasteiger charge is -2.13. The third-order valence-electron chi connectivity index (χ3n) is 5.36. The molecule has 2 heterocycles. The van der Waals surface area contributed by atoms with Gasteiger partial charge in [0.1, 0.15) is 10.6 Å². The number of nitrogens with one attached hydrogen (secondary N) is 1. The fourth-order valence-corrected chi connectivity index (χ4v) is 5.53. The monoisotopic (exact) mass is 499 g/mol. The minimum absolute atomic E-state index is 0.0961. The van der Waals surface area contributed by atoms with Crippen molar-refractivity contribution in [3.63, 3.8) is 0 Å². The van der Waals surface area contributed by atoms with E-state index in [1.165, 1.54) is 23.1 Å². The van der Waals surface area contributed by atoms with Crippen LogP contribution < -0.4 is 15.6 Å². The molecule has 35 heavy (non-hydrogen) atoms. The van der Waals surface area contributed by atoms with Gasteiger partial charge in [-0.05, 0) is 29.8 Å². The first kappa shape index (κ1) is 22.9. The van der Waals surface area contributed by atoms with Crippen LogP contribution in [0.1, 0.15) is 0 Å². The second-order valence-corrected chi connectivity index (χ2v) is 9.44. The lowest BCUT2D eigenvalue weighted by Crippen LogP contribution is -2.22. The van der Waals surface area contributed by atoms with Gasteiger partial charge in [-0.1, -0.05) is 66.4 Å². The van der Waals surface area contributed by atoms with Crippen LogP contribution in [0.15, 0.2) is 100 Å². The number of hydrogen-bond acceptors (Lipinski definition) is 6. The highest BCUT2D eigenvalue weighted by atomic mass is 32.2. The van der Waals surface area contributed by atoms with Crippen molar-refractivity contribution < 1.29 is 9.53 Å². The number of rotatable bonds is 7. The minimum Gasteiger partial charge on any atom is -0.497 e. The van der Waals surface area contributed by atoms with Crippen molar-refractivity contribution in [2.24, 2.45) is 0 Å². The van der Waals surface area contributed by atoms with E-state index >= 15 is 0 Å². The van der Waals surface area contributed by atoms with Crippen LogP contribution in [-0.4, -0.2) is 28.3 Å². The minimum atomic E-state index is -0.201. The summed E-state index contributed by atoms with van der Waals surface area (Å²) in [5.74, 6) is 0.555. The Kier molecular flexibility index (Phi) is 6.65. The number of thiophene rings is 1.